The van der Waals surface area contributed by atoms with E-state index in [1.54, 1.807) is 23.9 Å². The Balaban J connectivity index is 1.73. The fourth-order valence-electron chi connectivity index (χ4n) is 2.42. The van der Waals surface area contributed by atoms with Crippen molar-refractivity contribution in [3.05, 3.63) is 58.6 Å². The largest absolute Gasteiger partial charge is 0.465 e. The second-order valence-corrected chi connectivity index (χ2v) is 6.75. The van der Waals surface area contributed by atoms with E-state index in [0.29, 0.717) is 12.1 Å². The molecule has 0 aliphatic carbocycles. The number of esters is 1. The van der Waals surface area contributed by atoms with Crippen LogP contribution in [0.4, 0.5) is 5.69 Å². The molecule has 0 bridgehead atoms. The van der Waals surface area contributed by atoms with Gasteiger partial charge in [0.15, 0.2) is 0 Å². The first-order valence-electron chi connectivity index (χ1n) is 7.02. The number of thioether (sulfide) groups is 1. The minimum atomic E-state index is -0.534. The van der Waals surface area contributed by atoms with Gasteiger partial charge in [-0.05, 0) is 36.2 Å². The van der Waals surface area contributed by atoms with Crippen molar-refractivity contribution in [3.8, 4) is 0 Å². The highest BCUT2D eigenvalue weighted by Crippen LogP contribution is 2.37. The molecule has 23 heavy (non-hydrogen) atoms. The van der Waals surface area contributed by atoms with Crippen LogP contribution in [0, 0.1) is 0 Å². The summed E-state index contributed by atoms with van der Waals surface area (Å²) < 4.78 is 4.68. The zero-order valence-electron chi connectivity index (χ0n) is 12.3. The average Bonchev–Trinajstić information content (AvgIpc) is 3.00. The first kappa shape index (κ1) is 15.9. The number of rotatable bonds is 3. The monoisotopic (exact) mass is 347 g/mol. The summed E-state index contributed by atoms with van der Waals surface area (Å²) in [5, 5.41) is 2.95. The highest BCUT2D eigenvalue weighted by molar-refractivity contribution is 8.01. The van der Waals surface area contributed by atoms with Crippen LogP contribution in [-0.2, 0) is 16.0 Å². The van der Waals surface area contributed by atoms with Gasteiger partial charge < -0.3 is 10.1 Å². The summed E-state index contributed by atoms with van der Waals surface area (Å²) in [6.07, 6.45) is 0.699. The lowest BCUT2D eigenvalue weighted by Crippen LogP contribution is -2.24. The lowest BCUT2D eigenvalue weighted by atomic mass is 10.1. The number of halogens is 1. The maximum Gasteiger partial charge on any atom is 0.339 e. The Morgan fingerprint density at radius 2 is 2.04 bits per heavy atom. The molecule has 4 nitrogen and oxygen atoms in total. The summed E-state index contributed by atoms with van der Waals surface area (Å²) in [5.74, 6) is -0.627. The first-order chi connectivity index (χ1) is 11.1. The van der Waals surface area contributed by atoms with Gasteiger partial charge in [0.05, 0.1) is 22.9 Å². The SMILES string of the molecule is COC(=O)c1cc(NC(=O)C2Cc3ccccc3S2)ccc1Cl. The van der Waals surface area contributed by atoms with Gasteiger partial charge in [-0.3, -0.25) is 4.79 Å². The molecular formula is C17H14ClNO3S. The predicted octanol–water partition coefficient (Wildman–Crippen LogP) is 3.78. The van der Waals surface area contributed by atoms with Crippen LogP contribution in [0.1, 0.15) is 15.9 Å². The molecule has 0 fully saturated rings. The molecule has 118 valence electrons. The highest BCUT2D eigenvalue weighted by Gasteiger charge is 2.28. The summed E-state index contributed by atoms with van der Waals surface area (Å²) in [6.45, 7) is 0. The van der Waals surface area contributed by atoms with E-state index in [4.69, 9.17) is 11.6 Å². The van der Waals surface area contributed by atoms with E-state index in [2.05, 4.69) is 10.1 Å². The van der Waals surface area contributed by atoms with Crippen LogP contribution in [-0.4, -0.2) is 24.2 Å². The summed E-state index contributed by atoms with van der Waals surface area (Å²) in [4.78, 5) is 25.2. The average molecular weight is 348 g/mol. The predicted molar refractivity (Wildman–Crippen MR) is 91.2 cm³/mol. The normalized spacial score (nSPS) is 15.8. The number of hydrogen-bond donors (Lipinski definition) is 1. The third kappa shape index (κ3) is 3.35. The van der Waals surface area contributed by atoms with E-state index in [1.807, 2.05) is 24.3 Å². The van der Waals surface area contributed by atoms with Gasteiger partial charge in [-0.25, -0.2) is 4.79 Å². The number of carbonyl (C=O) groups is 2. The molecule has 0 spiro atoms. The molecule has 1 heterocycles. The van der Waals surface area contributed by atoms with E-state index in [-0.39, 0.29) is 21.7 Å². The van der Waals surface area contributed by atoms with Crippen molar-refractivity contribution in [1.82, 2.24) is 0 Å². The number of ether oxygens (including phenoxy) is 1. The molecule has 0 aromatic heterocycles. The lowest BCUT2D eigenvalue weighted by molar-refractivity contribution is -0.115. The summed E-state index contributed by atoms with van der Waals surface area (Å²) in [5.41, 5.74) is 1.94. The number of anilines is 1. The van der Waals surface area contributed by atoms with E-state index in [0.717, 1.165) is 4.90 Å². The molecule has 2 aromatic rings. The van der Waals surface area contributed by atoms with E-state index < -0.39 is 5.97 Å². The van der Waals surface area contributed by atoms with Crippen molar-refractivity contribution >= 4 is 40.9 Å². The molecule has 0 radical (unpaired) electrons. The molecule has 1 aliphatic heterocycles. The van der Waals surface area contributed by atoms with Crippen LogP contribution in [0.25, 0.3) is 0 Å². The third-order valence-electron chi connectivity index (χ3n) is 3.58. The Labute approximate surface area is 143 Å². The molecule has 1 amide bonds. The first-order valence-corrected chi connectivity index (χ1v) is 8.27. The summed E-state index contributed by atoms with van der Waals surface area (Å²) in [6, 6.07) is 12.8. The Kier molecular flexibility index (Phi) is 4.59. The molecule has 2 aromatic carbocycles. The van der Waals surface area contributed by atoms with Crippen molar-refractivity contribution in [2.45, 2.75) is 16.6 Å². The van der Waals surface area contributed by atoms with E-state index >= 15 is 0 Å². The van der Waals surface area contributed by atoms with Crippen molar-refractivity contribution in [2.75, 3.05) is 12.4 Å². The molecule has 1 atom stereocenters. The number of amides is 1. The van der Waals surface area contributed by atoms with Gasteiger partial charge in [-0.15, -0.1) is 11.8 Å². The highest BCUT2D eigenvalue weighted by atomic mass is 35.5. The van der Waals surface area contributed by atoms with Gasteiger partial charge in [-0.2, -0.15) is 0 Å². The molecule has 1 unspecified atom stereocenters. The summed E-state index contributed by atoms with van der Waals surface area (Å²) in [7, 11) is 1.29. The number of nitrogens with one attached hydrogen (secondary N) is 1. The fourth-order valence-corrected chi connectivity index (χ4v) is 3.81. The third-order valence-corrected chi connectivity index (χ3v) is 5.23. The topological polar surface area (TPSA) is 55.4 Å². The summed E-state index contributed by atoms with van der Waals surface area (Å²) >= 11 is 7.53. The van der Waals surface area contributed by atoms with E-state index in [1.165, 1.54) is 18.7 Å². The minimum absolute atomic E-state index is 0.0932. The molecule has 0 saturated heterocycles. The molecule has 1 aliphatic rings. The quantitative estimate of drug-likeness (QED) is 0.858. The Bertz CT molecular complexity index is 753. The molecule has 6 heteroatoms. The van der Waals surface area contributed by atoms with Crippen LogP contribution in [0.3, 0.4) is 0 Å². The molecule has 3 rings (SSSR count). The fraction of sp³-hybridized carbons (Fsp3) is 0.176. The van der Waals surface area contributed by atoms with Crippen LogP contribution in [0.5, 0.6) is 0 Å². The van der Waals surface area contributed by atoms with Crippen LogP contribution in [0.2, 0.25) is 5.02 Å². The van der Waals surface area contributed by atoms with Gasteiger partial charge in [0, 0.05) is 10.6 Å². The van der Waals surface area contributed by atoms with Crippen molar-refractivity contribution < 1.29 is 14.3 Å². The second kappa shape index (κ2) is 6.64. The van der Waals surface area contributed by atoms with Crippen LogP contribution < -0.4 is 5.32 Å². The number of hydrogen-bond acceptors (Lipinski definition) is 4. The minimum Gasteiger partial charge on any atom is -0.465 e. The zero-order chi connectivity index (χ0) is 16.4. The van der Waals surface area contributed by atoms with Crippen molar-refractivity contribution in [1.29, 1.82) is 0 Å². The van der Waals surface area contributed by atoms with Crippen LogP contribution in [0.15, 0.2) is 47.4 Å². The maximum absolute atomic E-state index is 12.4. The Hall–Kier alpha value is -1.98. The number of carbonyl (C=O) groups excluding carboxylic acids is 2. The zero-order valence-corrected chi connectivity index (χ0v) is 13.9. The maximum atomic E-state index is 12.4. The Morgan fingerprint density at radius 3 is 2.78 bits per heavy atom. The number of methoxy groups -OCH3 is 1. The van der Waals surface area contributed by atoms with E-state index in [9.17, 15) is 9.59 Å². The number of benzene rings is 2. The lowest BCUT2D eigenvalue weighted by Gasteiger charge is -2.11. The van der Waals surface area contributed by atoms with Crippen molar-refractivity contribution in [2.24, 2.45) is 0 Å². The molecule has 1 N–H and O–H groups in total. The van der Waals surface area contributed by atoms with Gasteiger partial charge in [0.1, 0.15) is 0 Å². The second-order valence-electron chi connectivity index (χ2n) is 5.09. The van der Waals surface area contributed by atoms with Crippen molar-refractivity contribution in [3.63, 3.8) is 0 Å². The van der Waals surface area contributed by atoms with Gasteiger partial charge >= 0.3 is 5.97 Å². The molecule has 0 saturated carbocycles. The van der Waals surface area contributed by atoms with Gasteiger partial charge in [0.25, 0.3) is 0 Å². The standard InChI is InChI=1S/C17H14ClNO3S/c1-22-17(21)12-9-11(6-7-13(12)18)19-16(20)15-8-10-4-2-3-5-14(10)23-15/h2-7,9,15H,8H2,1H3,(H,19,20). The number of fused-ring (bicyclic) bond motifs is 1. The van der Waals surface area contributed by atoms with Gasteiger partial charge in [0.2, 0.25) is 5.91 Å². The Morgan fingerprint density at radius 1 is 1.26 bits per heavy atom. The molecular weight excluding hydrogens is 334 g/mol. The van der Waals surface area contributed by atoms with Gasteiger partial charge in [-0.1, -0.05) is 29.8 Å². The smallest absolute Gasteiger partial charge is 0.339 e. The van der Waals surface area contributed by atoms with Crippen LogP contribution >= 0.6 is 23.4 Å².